The van der Waals surface area contributed by atoms with Crippen LogP contribution < -0.4 is 14.8 Å². The maximum atomic E-state index is 11.8. The number of hydrogen-bond donors (Lipinski definition) is 3. The number of carbonyl (C=O) groups excluding carboxylic acids is 1. The minimum atomic E-state index is -0.235. The molecule has 0 atom stereocenters. The van der Waals surface area contributed by atoms with Gasteiger partial charge in [0.05, 0.1) is 14.2 Å². The number of nitrogens with one attached hydrogen (secondary N) is 1. The first-order valence-corrected chi connectivity index (χ1v) is 7.72. The predicted octanol–water partition coefficient (Wildman–Crippen LogP) is 2.49. The van der Waals surface area contributed by atoms with Crippen LogP contribution in [0.1, 0.15) is 11.1 Å². The molecular formula is C19H21NO5. The largest absolute Gasteiger partial charge is 0.504 e. The molecule has 0 aliphatic rings. The van der Waals surface area contributed by atoms with Gasteiger partial charge in [-0.15, -0.1) is 0 Å². The summed E-state index contributed by atoms with van der Waals surface area (Å²) in [6.07, 6.45) is 3.62. The third-order valence-corrected chi connectivity index (χ3v) is 3.59. The first kappa shape index (κ1) is 18.2. The average Bonchev–Trinajstić information content (AvgIpc) is 2.61. The SMILES string of the molecule is COc1ccc(C=CC(=O)NCCc2ccc(O)c(OC)c2)cc1O. The summed E-state index contributed by atoms with van der Waals surface area (Å²) < 4.78 is 10.0. The number of hydrogen-bond acceptors (Lipinski definition) is 5. The lowest BCUT2D eigenvalue weighted by Crippen LogP contribution is -2.23. The molecule has 0 aliphatic carbocycles. The van der Waals surface area contributed by atoms with Gasteiger partial charge in [0, 0.05) is 12.6 Å². The third-order valence-electron chi connectivity index (χ3n) is 3.59. The molecule has 0 spiro atoms. The van der Waals surface area contributed by atoms with Gasteiger partial charge in [-0.2, -0.15) is 0 Å². The van der Waals surface area contributed by atoms with Crippen molar-refractivity contribution in [1.82, 2.24) is 5.32 Å². The van der Waals surface area contributed by atoms with Crippen LogP contribution in [-0.2, 0) is 11.2 Å². The van der Waals surface area contributed by atoms with E-state index in [1.54, 1.807) is 36.4 Å². The average molecular weight is 343 g/mol. The number of methoxy groups -OCH3 is 2. The van der Waals surface area contributed by atoms with E-state index in [1.165, 1.54) is 26.4 Å². The Labute approximate surface area is 146 Å². The van der Waals surface area contributed by atoms with Crippen LogP contribution in [0.4, 0.5) is 0 Å². The van der Waals surface area contributed by atoms with Gasteiger partial charge in [-0.25, -0.2) is 0 Å². The number of phenols is 2. The molecule has 6 heteroatoms. The summed E-state index contributed by atoms with van der Waals surface area (Å²) in [6.45, 7) is 0.449. The molecule has 0 bridgehead atoms. The van der Waals surface area contributed by atoms with Crippen LogP contribution in [0.5, 0.6) is 23.0 Å². The molecule has 2 aromatic carbocycles. The fraction of sp³-hybridized carbons (Fsp3) is 0.211. The second-order valence-electron chi connectivity index (χ2n) is 5.31. The monoisotopic (exact) mass is 343 g/mol. The van der Waals surface area contributed by atoms with Crippen LogP contribution in [0, 0.1) is 0 Å². The zero-order chi connectivity index (χ0) is 18.2. The van der Waals surface area contributed by atoms with Crippen LogP contribution in [0.15, 0.2) is 42.5 Å². The lowest BCUT2D eigenvalue weighted by molar-refractivity contribution is -0.116. The fourth-order valence-corrected chi connectivity index (χ4v) is 2.25. The summed E-state index contributed by atoms with van der Waals surface area (Å²) >= 11 is 0. The maximum absolute atomic E-state index is 11.8. The van der Waals surface area contributed by atoms with Crippen LogP contribution in [-0.4, -0.2) is 36.9 Å². The number of rotatable bonds is 7. The van der Waals surface area contributed by atoms with Crippen molar-refractivity contribution in [2.24, 2.45) is 0 Å². The Bertz CT molecular complexity index is 770. The molecule has 0 saturated heterocycles. The van der Waals surface area contributed by atoms with E-state index in [9.17, 15) is 15.0 Å². The Morgan fingerprint density at radius 2 is 1.80 bits per heavy atom. The minimum Gasteiger partial charge on any atom is -0.504 e. The Morgan fingerprint density at radius 1 is 1.04 bits per heavy atom. The van der Waals surface area contributed by atoms with Crippen LogP contribution in [0.3, 0.4) is 0 Å². The number of ether oxygens (including phenoxy) is 2. The zero-order valence-corrected chi connectivity index (χ0v) is 14.2. The van der Waals surface area contributed by atoms with Crippen molar-refractivity contribution in [2.75, 3.05) is 20.8 Å². The molecule has 0 aromatic heterocycles. The van der Waals surface area contributed by atoms with Crippen molar-refractivity contribution >= 4 is 12.0 Å². The number of amides is 1. The number of benzene rings is 2. The van der Waals surface area contributed by atoms with Crippen LogP contribution >= 0.6 is 0 Å². The zero-order valence-electron chi connectivity index (χ0n) is 14.2. The first-order valence-electron chi connectivity index (χ1n) is 7.72. The van der Waals surface area contributed by atoms with Crippen LogP contribution in [0.25, 0.3) is 6.08 Å². The molecule has 2 aromatic rings. The summed E-state index contributed by atoms with van der Waals surface area (Å²) in [5.41, 5.74) is 1.63. The molecule has 1 amide bonds. The standard InChI is InChI=1S/C19H21NO5/c1-24-17-7-4-13(11-16(17)22)5-8-19(23)20-10-9-14-3-6-15(21)18(12-14)25-2/h3-8,11-12,21-22H,9-10H2,1-2H3,(H,20,23). The molecule has 0 fully saturated rings. The molecule has 2 rings (SSSR count). The fourth-order valence-electron chi connectivity index (χ4n) is 2.25. The van der Waals surface area contributed by atoms with Gasteiger partial charge >= 0.3 is 0 Å². The van der Waals surface area contributed by atoms with Crippen molar-refractivity contribution in [3.8, 4) is 23.0 Å². The molecule has 0 radical (unpaired) electrons. The van der Waals surface area contributed by atoms with Gasteiger partial charge in [0.2, 0.25) is 5.91 Å². The van der Waals surface area contributed by atoms with E-state index < -0.39 is 0 Å². The minimum absolute atomic E-state index is 0.0198. The number of aromatic hydroxyl groups is 2. The molecule has 0 saturated carbocycles. The molecule has 3 N–H and O–H groups in total. The van der Waals surface area contributed by atoms with E-state index in [0.29, 0.717) is 30.0 Å². The Morgan fingerprint density at radius 3 is 2.48 bits per heavy atom. The van der Waals surface area contributed by atoms with Gasteiger partial charge in [0.25, 0.3) is 0 Å². The smallest absolute Gasteiger partial charge is 0.244 e. The quantitative estimate of drug-likeness (QED) is 0.672. The summed E-state index contributed by atoms with van der Waals surface area (Å²) in [5.74, 6) is 0.655. The second-order valence-corrected chi connectivity index (χ2v) is 5.31. The van der Waals surface area contributed by atoms with E-state index in [0.717, 1.165) is 5.56 Å². The van der Waals surface area contributed by atoms with Gasteiger partial charge < -0.3 is 25.0 Å². The number of phenolic OH excluding ortho intramolecular Hbond substituents is 2. The van der Waals surface area contributed by atoms with Crippen molar-refractivity contribution in [2.45, 2.75) is 6.42 Å². The molecule has 0 unspecified atom stereocenters. The van der Waals surface area contributed by atoms with Crippen molar-refractivity contribution in [3.05, 3.63) is 53.6 Å². The molecule has 6 nitrogen and oxygen atoms in total. The van der Waals surface area contributed by atoms with Crippen molar-refractivity contribution in [1.29, 1.82) is 0 Å². The van der Waals surface area contributed by atoms with Gasteiger partial charge in [-0.05, 0) is 47.9 Å². The first-order chi connectivity index (χ1) is 12.0. The molecule has 0 aliphatic heterocycles. The molecule has 0 heterocycles. The van der Waals surface area contributed by atoms with E-state index in [4.69, 9.17) is 9.47 Å². The maximum Gasteiger partial charge on any atom is 0.244 e. The highest BCUT2D eigenvalue weighted by atomic mass is 16.5. The van der Waals surface area contributed by atoms with Crippen molar-refractivity contribution < 1.29 is 24.5 Å². The molecular weight excluding hydrogens is 322 g/mol. The summed E-state index contributed by atoms with van der Waals surface area (Å²) in [4.78, 5) is 11.8. The topological polar surface area (TPSA) is 88.0 Å². The molecule has 132 valence electrons. The molecule has 25 heavy (non-hydrogen) atoms. The lowest BCUT2D eigenvalue weighted by Gasteiger charge is -2.07. The van der Waals surface area contributed by atoms with Gasteiger partial charge in [-0.3, -0.25) is 4.79 Å². The third kappa shape index (κ3) is 5.17. The highest BCUT2D eigenvalue weighted by Crippen LogP contribution is 2.27. The lowest BCUT2D eigenvalue weighted by atomic mass is 10.1. The van der Waals surface area contributed by atoms with Gasteiger partial charge in [-0.1, -0.05) is 12.1 Å². The Hall–Kier alpha value is -3.15. The van der Waals surface area contributed by atoms with Crippen LogP contribution in [0.2, 0.25) is 0 Å². The van der Waals surface area contributed by atoms with Gasteiger partial charge in [0.1, 0.15) is 0 Å². The summed E-state index contributed by atoms with van der Waals surface area (Å²) in [5, 5.41) is 22.0. The normalized spacial score (nSPS) is 10.6. The Balaban J connectivity index is 1.85. The second kappa shape index (κ2) is 8.63. The van der Waals surface area contributed by atoms with E-state index in [1.807, 2.05) is 0 Å². The highest BCUT2D eigenvalue weighted by Gasteiger charge is 2.04. The van der Waals surface area contributed by atoms with E-state index in [2.05, 4.69) is 5.32 Å². The van der Waals surface area contributed by atoms with Crippen molar-refractivity contribution in [3.63, 3.8) is 0 Å². The summed E-state index contributed by atoms with van der Waals surface area (Å²) in [6, 6.07) is 9.96. The predicted molar refractivity (Wildman–Crippen MR) is 95.1 cm³/mol. The van der Waals surface area contributed by atoms with E-state index >= 15 is 0 Å². The number of carbonyl (C=O) groups is 1. The highest BCUT2D eigenvalue weighted by molar-refractivity contribution is 5.91. The Kier molecular flexibility index (Phi) is 6.28. The summed E-state index contributed by atoms with van der Waals surface area (Å²) in [7, 11) is 2.96. The van der Waals surface area contributed by atoms with E-state index in [-0.39, 0.29) is 17.4 Å². The van der Waals surface area contributed by atoms with Gasteiger partial charge in [0.15, 0.2) is 23.0 Å².